The van der Waals surface area contributed by atoms with E-state index in [1.807, 2.05) is 30.3 Å². The number of hydrogen-bond donors (Lipinski definition) is 1. The molecule has 0 radical (unpaired) electrons. The average molecular weight is 436 g/mol. The van der Waals surface area contributed by atoms with Crippen molar-refractivity contribution in [2.75, 3.05) is 11.9 Å². The van der Waals surface area contributed by atoms with Gasteiger partial charge in [0.25, 0.3) is 0 Å². The first-order valence-electron chi connectivity index (χ1n) is 10.3. The van der Waals surface area contributed by atoms with Gasteiger partial charge in [-0.3, -0.25) is 9.69 Å². The van der Waals surface area contributed by atoms with E-state index >= 15 is 0 Å². The SMILES string of the molecule is Cc1ccc(C)c(-c2cnc(NC(=O)C3CCCN3C(=O)OCc3ccccc3)s2)c1. The van der Waals surface area contributed by atoms with Gasteiger partial charge in [-0.15, -0.1) is 0 Å². The summed E-state index contributed by atoms with van der Waals surface area (Å²) in [6.45, 7) is 4.82. The predicted octanol–water partition coefficient (Wildman–Crippen LogP) is 5.17. The fourth-order valence-electron chi connectivity index (χ4n) is 3.71. The van der Waals surface area contributed by atoms with Gasteiger partial charge in [0.15, 0.2) is 5.13 Å². The quantitative estimate of drug-likeness (QED) is 0.600. The number of aryl methyl sites for hydroxylation is 2. The van der Waals surface area contributed by atoms with Gasteiger partial charge < -0.3 is 10.1 Å². The number of benzene rings is 2. The first-order chi connectivity index (χ1) is 15.0. The molecular formula is C24H25N3O3S. The molecule has 0 saturated carbocycles. The second kappa shape index (κ2) is 9.31. The topological polar surface area (TPSA) is 71.5 Å². The van der Waals surface area contributed by atoms with Crippen molar-refractivity contribution in [3.05, 3.63) is 71.4 Å². The number of likely N-dealkylation sites (tertiary alicyclic amines) is 1. The summed E-state index contributed by atoms with van der Waals surface area (Å²) >= 11 is 1.44. The molecule has 2 amide bonds. The molecule has 2 aromatic carbocycles. The summed E-state index contributed by atoms with van der Waals surface area (Å²) in [6, 6.07) is 15.2. The van der Waals surface area contributed by atoms with E-state index in [1.165, 1.54) is 21.8 Å². The predicted molar refractivity (Wildman–Crippen MR) is 122 cm³/mol. The van der Waals surface area contributed by atoms with Crippen LogP contribution in [0.4, 0.5) is 9.93 Å². The molecule has 6 nitrogen and oxygen atoms in total. The lowest BCUT2D eigenvalue weighted by atomic mass is 10.1. The van der Waals surface area contributed by atoms with E-state index < -0.39 is 12.1 Å². The maximum Gasteiger partial charge on any atom is 0.410 e. The molecule has 2 heterocycles. The molecule has 0 aliphatic carbocycles. The van der Waals surface area contributed by atoms with Crippen LogP contribution < -0.4 is 5.32 Å². The van der Waals surface area contributed by atoms with Gasteiger partial charge in [0.1, 0.15) is 12.6 Å². The molecule has 3 aromatic rings. The molecule has 1 fully saturated rings. The van der Waals surface area contributed by atoms with Gasteiger partial charge in [-0.2, -0.15) is 0 Å². The summed E-state index contributed by atoms with van der Waals surface area (Å²) in [5.41, 5.74) is 4.37. The van der Waals surface area contributed by atoms with Crippen LogP contribution in [0.5, 0.6) is 0 Å². The van der Waals surface area contributed by atoms with E-state index in [-0.39, 0.29) is 12.5 Å². The Morgan fingerprint density at radius 1 is 1.19 bits per heavy atom. The number of rotatable bonds is 5. The number of hydrogen-bond acceptors (Lipinski definition) is 5. The number of aromatic nitrogens is 1. The highest BCUT2D eigenvalue weighted by atomic mass is 32.1. The van der Waals surface area contributed by atoms with Crippen LogP contribution in [0.3, 0.4) is 0 Å². The number of carbonyl (C=O) groups excluding carboxylic acids is 2. The van der Waals surface area contributed by atoms with Crippen LogP contribution in [-0.2, 0) is 16.1 Å². The van der Waals surface area contributed by atoms with E-state index in [4.69, 9.17) is 4.74 Å². The standard InChI is InChI=1S/C24H25N3O3S/c1-16-10-11-17(2)19(13-16)21-14-25-23(31-21)26-22(28)20-9-6-12-27(20)24(29)30-15-18-7-4-3-5-8-18/h3-5,7-8,10-11,13-14,20H,6,9,12,15H2,1-2H3,(H,25,26,28). The van der Waals surface area contributed by atoms with E-state index in [0.29, 0.717) is 18.1 Å². The molecule has 0 bridgehead atoms. The van der Waals surface area contributed by atoms with Crippen molar-refractivity contribution in [3.63, 3.8) is 0 Å². The Hall–Kier alpha value is -3.19. The molecule has 1 aliphatic rings. The number of carbonyl (C=O) groups is 2. The third-order valence-electron chi connectivity index (χ3n) is 5.39. The van der Waals surface area contributed by atoms with Gasteiger partial charge in [-0.25, -0.2) is 9.78 Å². The van der Waals surface area contributed by atoms with E-state index in [2.05, 4.69) is 42.3 Å². The highest BCUT2D eigenvalue weighted by Gasteiger charge is 2.35. The maximum absolute atomic E-state index is 12.9. The minimum atomic E-state index is -0.545. The normalized spacial score (nSPS) is 15.7. The smallest absolute Gasteiger partial charge is 0.410 e. The zero-order valence-electron chi connectivity index (χ0n) is 17.6. The zero-order valence-corrected chi connectivity index (χ0v) is 18.4. The van der Waals surface area contributed by atoms with Gasteiger partial charge in [-0.1, -0.05) is 65.4 Å². The van der Waals surface area contributed by atoms with Crippen LogP contribution in [0.15, 0.2) is 54.7 Å². The molecule has 1 saturated heterocycles. The van der Waals surface area contributed by atoms with Crippen molar-refractivity contribution >= 4 is 28.5 Å². The van der Waals surface area contributed by atoms with E-state index in [9.17, 15) is 9.59 Å². The highest BCUT2D eigenvalue weighted by Crippen LogP contribution is 2.32. The molecule has 1 aromatic heterocycles. The Balaban J connectivity index is 1.39. The fourth-order valence-corrected chi connectivity index (χ4v) is 4.61. The number of nitrogens with one attached hydrogen (secondary N) is 1. The summed E-state index contributed by atoms with van der Waals surface area (Å²) in [6.07, 6.45) is 2.70. The molecular weight excluding hydrogens is 410 g/mol. The van der Waals surface area contributed by atoms with Gasteiger partial charge >= 0.3 is 6.09 Å². The van der Waals surface area contributed by atoms with E-state index in [0.717, 1.165) is 28.0 Å². The van der Waals surface area contributed by atoms with Crippen LogP contribution in [0.25, 0.3) is 10.4 Å². The summed E-state index contributed by atoms with van der Waals surface area (Å²) in [5.74, 6) is -0.226. The minimum absolute atomic E-state index is 0.191. The molecule has 1 unspecified atom stereocenters. The third-order valence-corrected chi connectivity index (χ3v) is 6.34. The summed E-state index contributed by atoms with van der Waals surface area (Å²) in [4.78, 5) is 32.3. The molecule has 160 valence electrons. The second-order valence-electron chi connectivity index (χ2n) is 7.73. The van der Waals surface area contributed by atoms with Crippen molar-refractivity contribution in [2.45, 2.75) is 39.3 Å². The first-order valence-corrected chi connectivity index (χ1v) is 11.1. The van der Waals surface area contributed by atoms with Crippen molar-refractivity contribution < 1.29 is 14.3 Å². The summed E-state index contributed by atoms with van der Waals surface area (Å²) in [7, 11) is 0. The van der Waals surface area contributed by atoms with Crippen LogP contribution >= 0.6 is 11.3 Å². The Kier molecular flexibility index (Phi) is 6.32. The van der Waals surface area contributed by atoms with Crippen LogP contribution in [0, 0.1) is 13.8 Å². The van der Waals surface area contributed by atoms with Crippen molar-refractivity contribution in [2.24, 2.45) is 0 Å². The van der Waals surface area contributed by atoms with Crippen LogP contribution in [-0.4, -0.2) is 34.5 Å². The van der Waals surface area contributed by atoms with Gasteiger partial charge in [0.05, 0.1) is 4.88 Å². The Morgan fingerprint density at radius 2 is 2.00 bits per heavy atom. The average Bonchev–Trinajstić information content (AvgIpc) is 3.44. The maximum atomic E-state index is 12.9. The largest absolute Gasteiger partial charge is 0.445 e. The Labute approximate surface area is 185 Å². The highest BCUT2D eigenvalue weighted by molar-refractivity contribution is 7.19. The molecule has 7 heteroatoms. The van der Waals surface area contributed by atoms with Crippen molar-refractivity contribution in [1.29, 1.82) is 0 Å². The molecule has 0 spiro atoms. The number of anilines is 1. The fraction of sp³-hybridized carbons (Fsp3) is 0.292. The Bertz CT molecular complexity index is 1080. The van der Waals surface area contributed by atoms with E-state index in [1.54, 1.807) is 6.20 Å². The Morgan fingerprint density at radius 3 is 2.81 bits per heavy atom. The van der Waals surface area contributed by atoms with Crippen LogP contribution in [0.1, 0.15) is 29.5 Å². The number of amides is 2. The molecule has 31 heavy (non-hydrogen) atoms. The second-order valence-corrected chi connectivity index (χ2v) is 8.76. The monoisotopic (exact) mass is 435 g/mol. The third kappa shape index (κ3) is 4.94. The number of thiazole rings is 1. The molecule has 1 N–H and O–H groups in total. The molecule has 4 rings (SSSR count). The van der Waals surface area contributed by atoms with Crippen molar-refractivity contribution in [3.8, 4) is 10.4 Å². The number of ether oxygens (including phenoxy) is 1. The minimum Gasteiger partial charge on any atom is -0.445 e. The zero-order chi connectivity index (χ0) is 21.8. The van der Waals surface area contributed by atoms with Gasteiger partial charge in [0.2, 0.25) is 5.91 Å². The molecule has 1 aliphatic heterocycles. The lowest BCUT2D eigenvalue weighted by Crippen LogP contribution is -2.43. The summed E-state index contributed by atoms with van der Waals surface area (Å²) in [5, 5.41) is 3.42. The first kappa shape index (κ1) is 21.1. The summed E-state index contributed by atoms with van der Waals surface area (Å²) < 4.78 is 5.42. The van der Waals surface area contributed by atoms with Crippen molar-refractivity contribution in [1.82, 2.24) is 9.88 Å². The van der Waals surface area contributed by atoms with Gasteiger partial charge in [0, 0.05) is 12.7 Å². The lowest BCUT2D eigenvalue weighted by Gasteiger charge is -2.22. The van der Waals surface area contributed by atoms with Gasteiger partial charge in [-0.05, 0) is 43.4 Å². The van der Waals surface area contributed by atoms with Crippen LogP contribution in [0.2, 0.25) is 0 Å². The lowest BCUT2D eigenvalue weighted by molar-refractivity contribution is -0.120. The molecule has 1 atom stereocenters. The number of nitrogens with zero attached hydrogens (tertiary/aromatic N) is 2.